The van der Waals surface area contributed by atoms with E-state index in [1.165, 1.54) is 12.8 Å². The normalized spacial score (nSPS) is 33.3. The lowest BCUT2D eigenvalue weighted by Crippen LogP contribution is -2.29. The first-order chi connectivity index (χ1) is 6.27. The summed E-state index contributed by atoms with van der Waals surface area (Å²) in [6.45, 7) is 2.10. The van der Waals surface area contributed by atoms with Crippen molar-refractivity contribution >= 4 is 5.91 Å². The molecule has 0 aromatic heterocycles. The van der Waals surface area contributed by atoms with Gasteiger partial charge in [-0.2, -0.15) is 0 Å². The molecule has 2 aliphatic carbocycles. The summed E-state index contributed by atoms with van der Waals surface area (Å²) < 4.78 is 0. The van der Waals surface area contributed by atoms with Crippen LogP contribution in [0.2, 0.25) is 0 Å². The first-order valence-electron chi connectivity index (χ1n) is 5.23. The van der Waals surface area contributed by atoms with Gasteiger partial charge in [-0.3, -0.25) is 9.63 Å². The van der Waals surface area contributed by atoms with Crippen LogP contribution in [-0.2, 0) is 9.63 Å². The number of carbonyl (C=O) groups excluding carboxylic acids is 1. The van der Waals surface area contributed by atoms with Crippen LogP contribution in [0, 0.1) is 11.8 Å². The maximum absolute atomic E-state index is 11.3. The SMILES string of the molecule is CC1CC1C(=O)NOC1CCCC1. The van der Waals surface area contributed by atoms with Crippen LogP contribution < -0.4 is 5.48 Å². The standard InChI is InChI=1S/C10H17NO2/c1-7-6-9(7)10(12)11-13-8-4-2-3-5-8/h7-9H,2-6H2,1H3,(H,11,12). The molecule has 2 unspecified atom stereocenters. The Balaban J connectivity index is 1.64. The second-order valence-corrected chi connectivity index (χ2v) is 4.31. The van der Waals surface area contributed by atoms with Crippen molar-refractivity contribution in [3.63, 3.8) is 0 Å². The van der Waals surface area contributed by atoms with Crippen molar-refractivity contribution in [1.82, 2.24) is 5.48 Å². The maximum Gasteiger partial charge on any atom is 0.246 e. The van der Waals surface area contributed by atoms with Crippen molar-refractivity contribution < 1.29 is 9.63 Å². The van der Waals surface area contributed by atoms with Gasteiger partial charge in [0, 0.05) is 5.92 Å². The van der Waals surface area contributed by atoms with Crippen molar-refractivity contribution in [2.24, 2.45) is 11.8 Å². The lowest BCUT2D eigenvalue weighted by atomic mass is 10.3. The number of hydroxylamine groups is 1. The number of hydrogen-bond donors (Lipinski definition) is 1. The Morgan fingerprint density at radius 1 is 1.38 bits per heavy atom. The zero-order valence-electron chi connectivity index (χ0n) is 8.08. The highest BCUT2D eigenvalue weighted by molar-refractivity contribution is 5.80. The number of hydrogen-bond acceptors (Lipinski definition) is 2. The summed E-state index contributed by atoms with van der Waals surface area (Å²) in [5, 5.41) is 0. The van der Waals surface area contributed by atoms with Crippen molar-refractivity contribution in [3.8, 4) is 0 Å². The molecule has 3 heteroatoms. The molecular formula is C10H17NO2. The zero-order chi connectivity index (χ0) is 9.26. The van der Waals surface area contributed by atoms with Gasteiger partial charge in [-0.25, -0.2) is 5.48 Å². The van der Waals surface area contributed by atoms with Gasteiger partial charge >= 0.3 is 0 Å². The molecule has 13 heavy (non-hydrogen) atoms. The molecule has 3 nitrogen and oxygen atoms in total. The summed E-state index contributed by atoms with van der Waals surface area (Å²) in [6.07, 6.45) is 5.97. The number of rotatable bonds is 3. The third-order valence-electron chi connectivity index (χ3n) is 3.07. The van der Waals surface area contributed by atoms with Crippen molar-refractivity contribution in [2.75, 3.05) is 0 Å². The maximum atomic E-state index is 11.3. The van der Waals surface area contributed by atoms with Gasteiger partial charge in [-0.05, 0) is 25.2 Å². The van der Waals surface area contributed by atoms with E-state index in [4.69, 9.17) is 4.84 Å². The van der Waals surface area contributed by atoms with Gasteiger partial charge in [-0.1, -0.05) is 19.8 Å². The predicted octanol–water partition coefficient (Wildman–Crippen LogP) is 1.63. The van der Waals surface area contributed by atoms with Crippen LogP contribution in [0.15, 0.2) is 0 Å². The lowest BCUT2D eigenvalue weighted by molar-refractivity contribution is -0.139. The molecule has 0 spiro atoms. The van der Waals surface area contributed by atoms with Crippen LogP contribution >= 0.6 is 0 Å². The highest BCUT2D eigenvalue weighted by atomic mass is 16.7. The molecule has 2 fully saturated rings. The summed E-state index contributed by atoms with van der Waals surface area (Å²) in [6, 6.07) is 0. The van der Waals surface area contributed by atoms with Crippen molar-refractivity contribution in [2.45, 2.75) is 45.1 Å². The van der Waals surface area contributed by atoms with Crippen LogP contribution in [0.5, 0.6) is 0 Å². The van der Waals surface area contributed by atoms with Gasteiger partial charge in [0.05, 0.1) is 6.10 Å². The highest BCUT2D eigenvalue weighted by Gasteiger charge is 2.39. The minimum Gasteiger partial charge on any atom is -0.272 e. The van der Waals surface area contributed by atoms with Gasteiger partial charge in [0.1, 0.15) is 0 Å². The Morgan fingerprint density at radius 2 is 2.00 bits per heavy atom. The van der Waals surface area contributed by atoms with E-state index >= 15 is 0 Å². The fraction of sp³-hybridized carbons (Fsp3) is 0.900. The summed E-state index contributed by atoms with van der Waals surface area (Å²) in [5.41, 5.74) is 2.58. The summed E-state index contributed by atoms with van der Waals surface area (Å²) >= 11 is 0. The Bertz CT molecular complexity index is 199. The highest BCUT2D eigenvalue weighted by Crippen LogP contribution is 2.37. The van der Waals surface area contributed by atoms with Gasteiger partial charge in [-0.15, -0.1) is 0 Å². The average Bonchev–Trinajstić information content (AvgIpc) is 2.68. The van der Waals surface area contributed by atoms with Crippen LogP contribution in [0.1, 0.15) is 39.0 Å². The Hall–Kier alpha value is -0.570. The Kier molecular flexibility index (Phi) is 2.54. The van der Waals surface area contributed by atoms with Gasteiger partial charge in [0.15, 0.2) is 0 Å². The molecule has 2 aliphatic rings. The molecule has 0 saturated heterocycles. The van der Waals surface area contributed by atoms with Crippen LogP contribution in [-0.4, -0.2) is 12.0 Å². The summed E-state index contributed by atoms with van der Waals surface area (Å²) in [5.74, 6) is 0.869. The average molecular weight is 183 g/mol. The van der Waals surface area contributed by atoms with Gasteiger partial charge in [0.25, 0.3) is 0 Å². The smallest absolute Gasteiger partial charge is 0.246 e. The molecule has 2 atom stereocenters. The third-order valence-corrected chi connectivity index (χ3v) is 3.07. The fourth-order valence-corrected chi connectivity index (χ4v) is 1.91. The van der Waals surface area contributed by atoms with Gasteiger partial charge < -0.3 is 0 Å². The summed E-state index contributed by atoms with van der Waals surface area (Å²) in [7, 11) is 0. The number of nitrogens with one attached hydrogen (secondary N) is 1. The second-order valence-electron chi connectivity index (χ2n) is 4.31. The van der Waals surface area contributed by atoms with Crippen LogP contribution in [0.25, 0.3) is 0 Å². The topological polar surface area (TPSA) is 38.3 Å². The van der Waals surface area contributed by atoms with E-state index < -0.39 is 0 Å². The van der Waals surface area contributed by atoms with E-state index in [-0.39, 0.29) is 17.9 Å². The Morgan fingerprint density at radius 3 is 2.54 bits per heavy atom. The molecule has 0 aromatic carbocycles. The fourth-order valence-electron chi connectivity index (χ4n) is 1.91. The van der Waals surface area contributed by atoms with E-state index in [1.807, 2.05) is 0 Å². The van der Waals surface area contributed by atoms with Crippen LogP contribution in [0.4, 0.5) is 0 Å². The molecule has 2 saturated carbocycles. The number of amides is 1. The molecule has 0 radical (unpaired) electrons. The molecule has 2 rings (SSSR count). The lowest BCUT2D eigenvalue weighted by Gasteiger charge is -2.10. The third kappa shape index (κ3) is 2.21. The molecule has 1 N–H and O–H groups in total. The molecule has 0 bridgehead atoms. The van der Waals surface area contributed by atoms with Crippen LogP contribution in [0.3, 0.4) is 0 Å². The largest absolute Gasteiger partial charge is 0.272 e. The van der Waals surface area contributed by atoms with Crippen molar-refractivity contribution in [3.05, 3.63) is 0 Å². The molecule has 74 valence electrons. The van der Waals surface area contributed by atoms with E-state index in [0.29, 0.717) is 5.92 Å². The molecule has 0 aromatic rings. The van der Waals surface area contributed by atoms with E-state index in [1.54, 1.807) is 0 Å². The van der Waals surface area contributed by atoms with Gasteiger partial charge in [0.2, 0.25) is 5.91 Å². The first kappa shape index (κ1) is 9.00. The monoisotopic (exact) mass is 183 g/mol. The quantitative estimate of drug-likeness (QED) is 0.675. The minimum atomic E-state index is 0.0828. The molecule has 0 heterocycles. The zero-order valence-corrected chi connectivity index (χ0v) is 8.08. The molecule has 0 aliphatic heterocycles. The van der Waals surface area contributed by atoms with E-state index in [2.05, 4.69) is 12.4 Å². The van der Waals surface area contributed by atoms with Crippen molar-refractivity contribution in [1.29, 1.82) is 0 Å². The first-order valence-corrected chi connectivity index (χ1v) is 5.23. The van der Waals surface area contributed by atoms with E-state index in [9.17, 15) is 4.79 Å². The summed E-state index contributed by atoms with van der Waals surface area (Å²) in [4.78, 5) is 16.7. The Labute approximate surface area is 78.8 Å². The number of carbonyl (C=O) groups is 1. The minimum absolute atomic E-state index is 0.0828. The van der Waals surface area contributed by atoms with E-state index in [0.717, 1.165) is 19.3 Å². The second kappa shape index (κ2) is 3.66. The molecule has 1 amide bonds. The molecular weight excluding hydrogens is 166 g/mol. The predicted molar refractivity (Wildman–Crippen MR) is 48.8 cm³/mol.